The van der Waals surface area contributed by atoms with Gasteiger partial charge in [0.05, 0.1) is 11.7 Å². The average Bonchev–Trinajstić information content (AvgIpc) is 3.35. The number of amides is 1. The van der Waals surface area contributed by atoms with Gasteiger partial charge in [0.15, 0.2) is 5.13 Å². The van der Waals surface area contributed by atoms with E-state index in [0.717, 1.165) is 16.2 Å². The predicted molar refractivity (Wildman–Crippen MR) is 116 cm³/mol. The van der Waals surface area contributed by atoms with Gasteiger partial charge in [-0.3, -0.25) is 14.5 Å². The minimum atomic E-state index is -1.14. The highest BCUT2D eigenvalue weighted by Crippen LogP contribution is 2.43. The van der Waals surface area contributed by atoms with Gasteiger partial charge in [-0.1, -0.05) is 18.2 Å². The van der Waals surface area contributed by atoms with E-state index < -0.39 is 23.5 Å². The van der Waals surface area contributed by atoms with Crippen LogP contribution in [0.15, 0.2) is 65.7 Å². The van der Waals surface area contributed by atoms with Crippen LogP contribution in [-0.4, -0.2) is 27.9 Å². The summed E-state index contributed by atoms with van der Waals surface area (Å²) in [6.45, 7) is 3.78. The Morgan fingerprint density at radius 2 is 1.87 bits per heavy atom. The molecule has 0 spiro atoms. The Kier molecular flexibility index (Phi) is 5.56. The highest BCUT2D eigenvalue weighted by Gasteiger charge is 2.48. The molecule has 2 aromatic carbocycles. The number of aliphatic hydroxyl groups is 1. The number of rotatable bonds is 5. The zero-order valence-corrected chi connectivity index (χ0v) is 17.6. The van der Waals surface area contributed by atoms with E-state index in [-0.39, 0.29) is 28.1 Å². The number of ether oxygens (including phenoxy) is 1. The zero-order chi connectivity index (χ0) is 22.1. The number of aliphatic hydroxyl groups excluding tert-OH is 1. The molecule has 0 radical (unpaired) electrons. The van der Waals surface area contributed by atoms with Gasteiger partial charge in [0.1, 0.15) is 23.4 Å². The molecule has 3 aromatic rings. The summed E-state index contributed by atoms with van der Waals surface area (Å²) in [5.41, 5.74) is 0.218. The van der Waals surface area contributed by atoms with Crippen molar-refractivity contribution in [3.8, 4) is 5.75 Å². The van der Waals surface area contributed by atoms with E-state index >= 15 is 0 Å². The highest BCUT2D eigenvalue weighted by atomic mass is 32.1. The van der Waals surface area contributed by atoms with Crippen LogP contribution in [0.25, 0.3) is 5.76 Å². The molecule has 0 unspecified atom stereocenters. The van der Waals surface area contributed by atoms with Gasteiger partial charge >= 0.3 is 5.91 Å². The number of benzene rings is 2. The molecule has 4 rings (SSSR count). The van der Waals surface area contributed by atoms with Gasteiger partial charge in [0.25, 0.3) is 5.78 Å². The SMILES string of the molecule is CC(C)Oc1ccc(C(O)=C2C(=O)C(=O)N(c3nccs3)[C@@H]2c2ccccc2F)cc1. The summed E-state index contributed by atoms with van der Waals surface area (Å²) in [6, 6.07) is 11.2. The fourth-order valence-corrected chi connectivity index (χ4v) is 4.14. The highest BCUT2D eigenvalue weighted by molar-refractivity contribution is 7.14. The quantitative estimate of drug-likeness (QED) is 0.355. The lowest BCUT2D eigenvalue weighted by molar-refractivity contribution is -0.132. The molecule has 1 aliphatic heterocycles. The summed E-state index contributed by atoms with van der Waals surface area (Å²) in [5, 5.41) is 12.9. The maximum Gasteiger partial charge on any atom is 0.301 e. The number of aromatic nitrogens is 1. The topological polar surface area (TPSA) is 79.7 Å². The fraction of sp³-hybridized carbons (Fsp3) is 0.174. The lowest BCUT2D eigenvalue weighted by atomic mass is 9.95. The van der Waals surface area contributed by atoms with Crippen molar-refractivity contribution < 1.29 is 23.8 Å². The first-order valence-corrected chi connectivity index (χ1v) is 10.5. The van der Waals surface area contributed by atoms with Crippen LogP contribution >= 0.6 is 11.3 Å². The van der Waals surface area contributed by atoms with Crippen molar-refractivity contribution in [1.82, 2.24) is 4.98 Å². The molecular weight excluding hydrogens is 419 g/mol. The number of halogens is 1. The Morgan fingerprint density at radius 3 is 2.48 bits per heavy atom. The van der Waals surface area contributed by atoms with Gasteiger partial charge in [-0.05, 0) is 44.2 Å². The standard InChI is InChI=1S/C23H19FN2O4S/c1-13(2)30-15-9-7-14(8-10-15)20(27)18-19(16-5-3-4-6-17(16)24)26(22(29)21(18)28)23-25-11-12-31-23/h3-13,19,27H,1-2H3/t19-/m1/s1. The average molecular weight is 438 g/mol. The van der Waals surface area contributed by atoms with Gasteiger partial charge < -0.3 is 9.84 Å². The van der Waals surface area contributed by atoms with E-state index in [9.17, 15) is 19.1 Å². The van der Waals surface area contributed by atoms with Crippen molar-refractivity contribution in [2.24, 2.45) is 0 Å². The molecule has 1 aliphatic rings. The number of ketones is 1. The summed E-state index contributed by atoms with van der Waals surface area (Å²) in [7, 11) is 0. The fourth-order valence-electron chi connectivity index (χ4n) is 3.47. The second-order valence-corrected chi connectivity index (χ2v) is 8.07. The summed E-state index contributed by atoms with van der Waals surface area (Å²) < 4.78 is 20.3. The summed E-state index contributed by atoms with van der Waals surface area (Å²) >= 11 is 1.15. The largest absolute Gasteiger partial charge is 0.507 e. The summed E-state index contributed by atoms with van der Waals surface area (Å²) in [6.07, 6.45) is 1.47. The van der Waals surface area contributed by atoms with Crippen molar-refractivity contribution in [2.45, 2.75) is 26.0 Å². The van der Waals surface area contributed by atoms with E-state index in [1.807, 2.05) is 13.8 Å². The molecular formula is C23H19FN2O4S. The molecule has 0 saturated carbocycles. The molecule has 158 valence electrons. The monoisotopic (exact) mass is 438 g/mol. The summed E-state index contributed by atoms with van der Waals surface area (Å²) in [4.78, 5) is 31.1. The van der Waals surface area contributed by atoms with Crippen molar-refractivity contribution in [2.75, 3.05) is 4.90 Å². The van der Waals surface area contributed by atoms with Gasteiger partial charge in [-0.15, -0.1) is 11.3 Å². The van der Waals surface area contributed by atoms with Crippen LogP contribution in [0.5, 0.6) is 5.75 Å². The predicted octanol–water partition coefficient (Wildman–Crippen LogP) is 4.70. The molecule has 8 heteroatoms. The molecule has 2 heterocycles. The molecule has 0 bridgehead atoms. The molecule has 1 saturated heterocycles. The Labute approximate surface area is 182 Å². The van der Waals surface area contributed by atoms with Crippen LogP contribution in [-0.2, 0) is 9.59 Å². The molecule has 1 amide bonds. The van der Waals surface area contributed by atoms with Crippen molar-refractivity contribution >= 4 is 33.9 Å². The number of hydrogen-bond acceptors (Lipinski definition) is 6. The van der Waals surface area contributed by atoms with Crippen molar-refractivity contribution in [1.29, 1.82) is 0 Å². The maximum absolute atomic E-state index is 14.7. The third kappa shape index (κ3) is 3.82. The zero-order valence-electron chi connectivity index (χ0n) is 16.8. The minimum Gasteiger partial charge on any atom is -0.507 e. The van der Waals surface area contributed by atoms with Crippen LogP contribution in [0.4, 0.5) is 9.52 Å². The van der Waals surface area contributed by atoms with E-state index in [0.29, 0.717) is 11.3 Å². The number of Topliss-reactive ketones (excluding diaryl/α,β-unsaturated/α-hetero) is 1. The molecule has 31 heavy (non-hydrogen) atoms. The van der Waals surface area contributed by atoms with Crippen LogP contribution < -0.4 is 9.64 Å². The molecule has 1 fully saturated rings. The van der Waals surface area contributed by atoms with E-state index in [1.165, 1.54) is 24.4 Å². The number of carbonyl (C=O) groups excluding carboxylic acids is 2. The van der Waals surface area contributed by atoms with E-state index in [4.69, 9.17) is 4.74 Å². The van der Waals surface area contributed by atoms with E-state index in [1.54, 1.807) is 35.7 Å². The van der Waals surface area contributed by atoms with E-state index in [2.05, 4.69) is 4.98 Å². The normalized spacial score (nSPS) is 18.1. The number of carbonyl (C=O) groups is 2. The molecule has 1 aromatic heterocycles. The second-order valence-electron chi connectivity index (χ2n) is 7.20. The van der Waals surface area contributed by atoms with Crippen LogP contribution in [0.1, 0.15) is 31.0 Å². The van der Waals surface area contributed by atoms with Crippen LogP contribution in [0, 0.1) is 5.82 Å². The van der Waals surface area contributed by atoms with Gasteiger partial charge in [0.2, 0.25) is 0 Å². The first-order chi connectivity index (χ1) is 14.9. The Morgan fingerprint density at radius 1 is 1.16 bits per heavy atom. The van der Waals surface area contributed by atoms with Gasteiger partial charge in [-0.25, -0.2) is 9.37 Å². The number of hydrogen-bond donors (Lipinski definition) is 1. The second kappa shape index (κ2) is 8.31. The third-order valence-electron chi connectivity index (χ3n) is 4.77. The first kappa shape index (κ1) is 20.7. The van der Waals surface area contributed by atoms with Crippen molar-refractivity contribution in [3.05, 3.63) is 82.6 Å². The molecule has 0 aliphatic carbocycles. The lowest BCUT2D eigenvalue weighted by Crippen LogP contribution is -2.29. The summed E-state index contributed by atoms with van der Waals surface area (Å²) in [5.74, 6) is -2.15. The third-order valence-corrected chi connectivity index (χ3v) is 5.54. The maximum atomic E-state index is 14.7. The number of anilines is 1. The Balaban J connectivity index is 1.87. The Hall–Kier alpha value is -3.52. The minimum absolute atomic E-state index is 0.0240. The lowest BCUT2D eigenvalue weighted by Gasteiger charge is -2.23. The molecule has 6 nitrogen and oxygen atoms in total. The Bertz CT molecular complexity index is 1160. The van der Waals surface area contributed by atoms with Crippen LogP contribution in [0.3, 0.4) is 0 Å². The van der Waals surface area contributed by atoms with Crippen molar-refractivity contribution in [3.63, 3.8) is 0 Å². The first-order valence-electron chi connectivity index (χ1n) is 9.60. The van der Waals surface area contributed by atoms with Gasteiger partial charge in [-0.2, -0.15) is 0 Å². The molecule has 1 N–H and O–H groups in total. The van der Waals surface area contributed by atoms with Gasteiger partial charge in [0, 0.05) is 22.7 Å². The number of thiazole rings is 1. The number of nitrogens with zero attached hydrogens (tertiary/aromatic N) is 2. The molecule has 1 atom stereocenters. The smallest absolute Gasteiger partial charge is 0.301 e. The van der Waals surface area contributed by atoms with Crippen LogP contribution in [0.2, 0.25) is 0 Å².